The fourth-order valence-corrected chi connectivity index (χ4v) is 5.28. The molecule has 0 saturated carbocycles. The molecule has 182 valence electrons. The molecule has 0 radical (unpaired) electrons. The minimum atomic E-state index is -4.37. The lowest BCUT2D eigenvalue weighted by Gasteiger charge is -2.33. The first-order valence-electron chi connectivity index (χ1n) is 11.5. The van der Waals surface area contributed by atoms with Gasteiger partial charge < -0.3 is 15.3 Å². The maximum absolute atomic E-state index is 12.9. The molecule has 1 aromatic rings. The van der Waals surface area contributed by atoms with Crippen molar-refractivity contribution in [1.29, 1.82) is 0 Å². The fourth-order valence-electron chi connectivity index (χ4n) is 5.28. The number of likely N-dealkylation sites (N-methyl/N-ethyl adjacent to an activating group) is 1. The van der Waals surface area contributed by atoms with Crippen LogP contribution in [0.3, 0.4) is 0 Å². The van der Waals surface area contributed by atoms with Crippen molar-refractivity contribution in [1.82, 2.24) is 20.0 Å². The predicted octanol–water partition coefficient (Wildman–Crippen LogP) is 1.45. The number of amides is 2. The summed E-state index contributed by atoms with van der Waals surface area (Å²) in [6.45, 7) is 2.50. The van der Waals surface area contributed by atoms with E-state index in [0.717, 1.165) is 24.1 Å². The summed E-state index contributed by atoms with van der Waals surface area (Å²) in [5, 5.41) is 12.7. The molecule has 3 fully saturated rings. The first-order valence-corrected chi connectivity index (χ1v) is 11.5. The van der Waals surface area contributed by atoms with Crippen molar-refractivity contribution in [3.05, 3.63) is 35.4 Å². The molecule has 0 unspecified atom stereocenters. The summed E-state index contributed by atoms with van der Waals surface area (Å²) in [4.78, 5) is 31.3. The third kappa shape index (κ3) is 5.33. The first-order chi connectivity index (χ1) is 15.6. The topological polar surface area (TPSA) is 76.1 Å². The largest absolute Gasteiger partial charge is 0.416 e. The molecule has 4 rings (SSSR count). The van der Waals surface area contributed by atoms with E-state index in [-0.39, 0.29) is 29.9 Å². The van der Waals surface area contributed by atoms with Crippen molar-refractivity contribution in [2.45, 2.75) is 62.6 Å². The third-order valence-electron chi connectivity index (χ3n) is 7.22. The van der Waals surface area contributed by atoms with E-state index < -0.39 is 17.8 Å². The molecule has 0 bridgehead atoms. The lowest BCUT2D eigenvalue weighted by Crippen LogP contribution is -2.49. The number of likely N-dealkylation sites (tertiary alicyclic amines) is 2. The summed E-state index contributed by atoms with van der Waals surface area (Å²) in [5.41, 5.74) is 0.0524. The zero-order chi connectivity index (χ0) is 23.8. The van der Waals surface area contributed by atoms with Crippen LogP contribution in [0.5, 0.6) is 0 Å². The Morgan fingerprint density at radius 2 is 1.91 bits per heavy atom. The number of benzene rings is 1. The van der Waals surface area contributed by atoms with Gasteiger partial charge in [0.15, 0.2) is 0 Å². The van der Waals surface area contributed by atoms with Gasteiger partial charge in [-0.3, -0.25) is 19.4 Å². The molecule has 33 heavy (non-hydrogen) atoms. The average Bonchev–Trinajstić information content (AvgIpc) is 3.36. The maximum Gasteiger partial charge on any atom is 0.416 e. The van der Waals surface area contributed by atoms with Gasteiger partial charge in [0.1, 0.15) is 6.04 Å². The van der Waals surface area contributed by atoms with Crippen molar-refractivity contribution in [2.24, 2.45) is 0 Å². The second-order valence-corrected chi connectivity index (χ2v) is 9.35. The summed E-state index contributed by atoms with van der Waals surface area (Å²) < 4.78 is 38.5. The summed E-state index contributed by atoms with van der Waals surface area (Å²) in [7, 11) is 1.98. The monoisotopic (exact) mass is 468 g/mol. The zero-order valence-electron chi connectivity index (χ0n) is 18.7. The van der Waals surface area contributed by atoms with Gasteiger partial charge in [-0.15, -0.1) is 0 Å². The number of nitrogens with zero attached hydrogens (tertiary/aromatic N) is 3. The van der Waals surface area contributed by atoms with E-state index in [9.17, 15) is 27.9 Å². The number of halogens is 3. The SMILES string of the molecule is CN1[C@@H](CCC(=O)N2CC[C@@H](O)C2)CNC(=O)[C@@H]2[C@@H]1CCN2Cc1ccc(C(F)(F)F)cc1. The summed E-state index contributed by atoms with van der Waals surface area (Å²) in [5.74, 6) is -0.0461. The number of β-amino-alcohol motifs (C(OH)–C–C–N with tert-alkyl or cyclic N) is 1. The number of carbonyl (C=O) groups excluding carboxylic acids is 2. The molecular weight excluding hydrogens is 437 g/mol. The molecule has 2 N–H and O–H groups in total. The molecule has 10 heteroatoms. The van der Waals surface area contributed by atoms with Crippen LogP contribution in [0.1, 0.15) is 36.8 Å². The number of aliphatic hydroxyl groups is 1. The third-order valence-corrected chi connectivity index (χ3v) is 7.22. The van der Waals surface area contributed by atoms with Crippen LogP contribution in [0.15, 0.2) is 24.3 Å². The van der Waals surface area contributed by atoms with E-state index in [2.05, 4.69) is 10.2 Å². The second kappa shape index (κ2) is 9.60. The molecule has 4 atom stereocenters. The van der Waals surface area contributed by atoms with Crippen LogP contribution in [0.4, 0.5) is 13.2 Å². The Kier molecular flexibility index (Phi) is 6.97. The van der Waals surface area contributed by atoms with E-state index in [1.165, 1.54) is 12.1 Å². The molecular formula is C23H31F3N4O3. The number of fused-ring (bicyclic) bond motifs is 1. The highest BCUT2D eigenvalue weighted by atomic mass is 19.4. The molecule has 0 aliphatic carbocycles. The molecule has 3 heterocycles. The Balaban J connectivity index is 1.37. The Morgan fingerprint density at radius 1 is 1.18 bits per heavy atom. The van der Waals surface area contributed by atoms with Crippen molar-refractivity contribution in [3.8, 4) is 0 Å². The van der Waals surface area contributed by atoms with Crippen molar-refractivity contribution >= 4 is 11.8 Å². The van der Waals surface area contributed by atoms with Gasteiger partial charge in [0, 0.05) is 51.2 Å². The van der Waals surface area contributed by atoms with E-state index in [1.807, 2.05) is 11.9 Å². The van der Waals surface area contributed by atoms with Gasteiger partial charge in [-0.2, -0.15) is 13.2 Å². The highest BCUT2D eigenvalue weighted by Crippen LogP contribution is 2.31. The normalized spacial score (nSPS) is 29.1. The lowest BCUT2D eigenvalue weighted by molar-refractivity contribution is -0.137. The van der Waals surface area contributed by atoms with Gasteiger partial charge >= 0.3 is 6.18 Å². The number of rotatable bonds is 5. The maximum atomic E-state index is 12.9. The lowest BCUT2D eigenvalue weighted by atomic mass is 10.0. The van der Waals surface area contributed by atoms with Crippen molar-refractivity contribution in [2.75, 3.05) is 33.2 Å². The number of aliphatic hydroxyl groups excluding tert-OH is 1. The minimum absolute atomic E-state index is 0.0179. The second-order valence-electron chi connectivity index (χ2n) is 9.35. The van der Waals surface area contributed by atoms with Crippen LogP contribution in [-0.4, -0.2) is 89.1 Å². The Bertz CT molecular complexity index is 864. The van der Waals surface area contributed by atoms with Crippen LogP contribution in [-0.2, 0) is 22.3 Å². The highest BCUT2D eigenvalue weighted by molar-refractivity contribution is 5.83. The minimum Gasteiger partial charge on any atom is -0.391 e. The Hall–Kier alpha value is -2.17. The van der Waals surface area contributed by atoms with Gasteiger partial charge in [-0.1, -0.05) is 12.1 Å². The van der Waals surface area contributed by atoms with E-state index in [4.69, 9.17) is 0 Å². The van der Waals surface area contributed by atoms with E-state index in [1.54, 1.807) is 4.90 Å². The van der Waals surface area contributed by atoms with Gasteiger partial charge in [0.05, 0.1) is 11.7 Å². The highest BCUT2D eigenvalue weighted by Gasteiger charge is 2.45. The first kappa shape index (κ1) is 24.0. The van der Waals surface area contributed by atoms with Gasteiger partial charge in [-0.05, 0) is 44.0 Å². The molecule has 1 aromatic carbocycles. The number of hydrogen-bond acceptors (Lipinski definition) is 5. The van der Waals surface area contributed by atoms with E-state index in [0.29, 0.717) is 52.0 Å². The van der Waals surface area contributed by atoms with Gasteiger partial charge in [-0.25, -0.2) is 0 Å². The van der Waals surface area contributed by atoms with Crippen LogP contribution >= 0.6 is 0 Å². The summed E-state index contributed by atoms with van der Waals surface area (Å²) >= 11 is 0. The predicted molar refractivity (Wildman–Crippen MR) is 115 cm³/mol. The average molecular weight is 469 g/mol. The molecule has 3 aliphatic rings. The van der Waals surface area contributed by atoms with Crippen LogP contribution in [0.25, 0.3) is 0 Å². The number of hydrogen-bond donors (Lipinski definition) is 2. The van der Waals surface area contributed by atoms with Crippen molar-refractivity contribution in [3.63, 3.8) is 0 Å². The standard InChI is InChI=1S/C23H31F3N4O3/c1-28-17(6-7-20(32)29-10-8-18(31)14-29)12-27-22(33)21-19(28)9-11-30(21)13-15-2-4-16(5-3-15)23(24,25)26/h2-5,17-19,21,31H,6-14H2,1H3,(H,27,33)/t17-,18+,19-,21-/m0/s1. The summed E-state index contributed by atoms with van der Waals surface area (Å²) in [6.07, 6.45) is -2.44. The Morgan fingerprint density at radius 3 is 2.55 bits per heavy atom. The van der Waals surface area contributed by atoms with E-state index >= 15 is 0 Å². The fraction of sp³-hybridized carbons (Fsp3) is 0.652. The number of alkyl halides is 3. The number of nitrogens with one attached hydrogen (secondary N) is 1. The smallest absolute Gasteiger partial charge is 0.391 e. The van der Waals surface area contributed by atoms with Crippen LogP contribution < -0.4 is 5.32 Å². The molecule has 3 saturated heterocycles. The van der Waals surface area contributed by atoms with Gasteiger partial charge in [0.2, 0.25) is 11.8 Å². The van der Waals surface area contributed by atoms with Crippen LogP contribution in [0, 0.1) is 0 Å². The molecule has 0 spiro atoms. The van der Waals surface area contributed by atoms with Crippen molar-refractivity contribution < 1.29 is 27.9 Å². The Labute approximate surface area is 191 Å². The quantitative estimate of drug-likeness (QED) is 0.684. The molecule has 0 aromatic heterocycles. The molecule has 7 nitrogen and oxygen atoms in total. The number of carbonyl (C=O) groups is 2. The summed E-state index contributed by atoms with van der Waals surface area (Å²) in [6, 6.07) is 4.72. The van der Waals surface area contributed by atoms with Gasteiger partial charge in [0.25, 0.3) is 0 Å². The molecule has 3 aliphatic heterocycles. The van der Waals surface area contributed by atoms with Crippen LogP contribution in [0.2, 0.25) is 0 Å². The molecule has 2 amide bonds. The zero-order valence-corrected chi connectivity index (χ0v) is 18.7.